The lowest BCUT2D eigenvalue weighted by molar-refractivity contribution is -0.141. The summed E-state index contributed by atoms with van der Waals surface area (Å²) in [6, 6.07) is 0.0669. The van der Waals surface area contributed by atoms with E-state index in [1.807, 2.05) is 6.92 Å². The molecule has 2 N–H and O–H groups in total. The number of nitrogens with one attached hydrogen (secondary N) is 1. The van der Waals surface area contributed by atoms with Crippen molar-refractivity contribution < 1.29 is 9.90 Å². The standard InChI is InChI=1S/C13H25NO2/c1-3-7-10(2)12(13(15)16)14-11-8-5-4-6-9-11/h10-12,14H,3-9H2,1-2H3,(H,15,16). The number of rotatable bonds is 6. The molecule has 0 radical (unpaired) electrons. The molecule has 3 heteroatoms. The zero-order valence-electron chi connectivity index (χ0n) is 10.5. The normalized spacial score (nSPS) is 21.6. The van der Waals surface area contributed by atoms with E-state index in [-0.39, 0.29) is 12.0 Å². The van der Waals surface area contributed by atoms with Crippen molar-refractivity contribution in [1.82, 2.24) is 5.32 Å². The average molecular weight is 227 g/mol. The molecule has 0 spiro atoms. The van der Waals surface area contributed by atoms with E-state index in [1.165, 1.54) is 19.3 Å². The molecule has 0 aromatic carbocycles. The minimum Gasteiger partial charge on any atom is -0.480 e. The molecule has 1 fully saturated rings. The van der Waals surface area contributed by atoms with E-state index in [0.29, 0.717) is 6.04 Å². The van der Waals surface area contributed by atoms with Crippen molar-refractivity contribution in [3.05, 3.63) is 0 Å². The van der Waals surface area contributed by atoms with Crippen molar-refractivity contribution in [3.63, 3.8) is 0 Å². The molecule has 0 aliphatic heterocycles. The van der Waals surface area contributed by atoms with E-state index in [1.54, 1.807) is 0 Å². The molecule has 2 unspecified atom stereocenters. The Hall–Kier alpha value is -0.570. The van der Waals surface area contributed by atoms with Crippen molar-refractivity contribution in [1.29, 1.82) is 0 Å². The van der Waals surface area contributed by atoms with Gasteiger partial charge in [0.2, 0.25) is 0 Å². The van der Waals surface area contributed by atoms with Crippen molar-refractivity contribution in [2.24, 2.45) is 5.92 Å². The Balaban J connectivity index is 2.46. The van der Waals surface area contributed by atoms with Crippen LogP contribution < -0.4 is 5.32 Å². The van der Waals surface area contributed by atoms with E-state index >= 15 is 0 Å². The number of carbonyl (C=O) groups is 1. The molecule has 16 heavy (non-hydrogen) atoms. The fraction of sp³-hybridized carbons (Fsp3) is 0.923. The van der Waals surface area contributed by atoms with Gasteiger partial charge in [0.1, 0.15) is 6.04 Å². The number of hydrogen-bond acceptors (Lipinski definition) is 2. The Morgan fingerprint density at radius 1 is 1.38 bits per heavy atom. The predicted molar refractivity (Wildman–Crippen MR) is 65.5 cm³/mol. The zero-order chi connectivity index (χ0) is 12.0. The molecular weight excluding hydrogens is 202 g/mol. The smallest absolute Gasteiger partial charge is 0.320 e. The van der Waals surface area contributed by atoms with Gasteiger partial charge in [-0.2, -0.15) is 0 Å². The lowest BCUT2D eigenvalue weighted by Gasteiger charge is -2.29. The van der Waals surface area contributed by atoms with Gasteiger partial charge >= 0.3 is 5.97 Å². The maximum absolute atomic E-state index is 11.2. The molecule has 1 rings (SSSR count). The van der Waals surface area contributed by atoms with E-state index < -0.39 is 5.97 Å². The summed E-state index contributed by atoms with van der Waals surface area (Å²) >= 11 is 0. The molecule has 0 bridgehead atoms. The van der Waals surface area contributed by atoms with Crippen LogP contribution in [0.25, 0.3) is 0 Å². The van der Waals surface area contributed by atoms with Crippen molar-refractivity contribution in [2.45, 2.75) is 70.9 Å². The van der Waals surface area contributed by atoms with Crippen LogP contribution >= 0.6 is 0 Å². The van der Waals surface area contributed by atoms with E-state index in [4.69, 9.17) is 0 Å². The van der Waals surface area contributed by atoms with Gasteiger partial charge in [-0.25, -0.2) is 0 Å². The summed E-state index contributed by atoms with van der Waals surface area (Å²) in [7, 11) is 0. The second-order valence-electron chi connectivity index (χ2n) is 5.08. The molecule has 0 amide bonds. The molecule has 1 aliphatic carbocycles. The van der Waals surface area contributed by atoms with E-state index in [9.17, 15) is 9.90 Å². The SMILES string of the molecule is CCCC(C)C(NC1CCCCC1)C(=O)O. The molecule has 3 nitrogen and oxygen atoms in total. The van der Waals surface area contributed by atoms with E-state index in [0.717, 1.165) is 25.7 Å². The highest BCUT2D eigenvalue weighted by Crippen LogP contribution is 2.20. The first-order valence-corrected chi connectivity index (χ1v) is 6.64. The summed E-state index contributed by atoms with van der Waals surface area (Å²) in [6.45, 7) is 4.15. The molecule has 0 aromatic heterocycles. The highest BCUT2D eigenvalue weighted by molar-refractivity contribution is 5.73. The van der Waals surface area contributed by atoms with Crippen LogP contribution in [0, 0.1) is 5.92 Å². The first-order valence-electron chi connectivity index (χ1n) is 6.64. The minimum absolute atomic E-state index is 0.226. The zero-order valence-corrected chi connectivity index (χ0v) is 10.5. The Morgan fingerprint density at radius 3 is 2.50 bits per heavy atom. The van der Waals surface area contributed by atoms with Gasteiger partial charge < -0.3 is 10.4 Å². The van der Waals surface area contributed by atoms with Crippen molar-refractivity contribution in [3.8, 4) is 0 Å². The molecule has 1 saturated carbocycles. The van der Waals surface area contributed by atoms with Crippen LogP contribution in [-0.2, 0) is 4.79 Å². The topological polar surface area (TPSA) is 49.3 Å². The van der Waals surface area contributed by atoms with Crippen LogP contribution in [0.1, 0.15) is 58.8 Å². The number of aliphatic carboxylic acids is 1. The third kappa shape index (κ3) is 4.12. The van der Waals surface area contributed by atoms with Crippen molar-refractivity contribution >= 4 is 5.97 Å². The summed E-state index contributed by atoms with van der Waals surface area (Å²) in [5.41, 5.74) is 0. The molecular formula is C13H25NO2. The van der Waals surface area contributed by atoms with Gasteiger partial charge in [-0.05, 0) is 25.2 Å². The largest absolute Gasteiger partial charge is 0.480 e. The maximum atomic E-state index is 11.2. The Morgan fingerprint density at radius 2 is 2.00 bits per heavy atom. The lowest BCUT2D eigenvalue weighted by Crippen LogP contribution is -2.47. The first-order chi connectivity index (χ1) is 7.65. The van der Waals surface area contributed by atoms with Gasteiger partial charge in [-0.1, -0.05) is 39.5 Å². The second-order valence-corrected chi connectivity index (χ2v) is 5.08. The third-order valence-corrected chi connectivity index (χ3v) is 3.60. The molecule has 0 saturated heterocycles. The van der Waals surface area contributed by atoms with Crippen LogP contribution in [0.2, 0.25) is 0 Å². The summed E-state index contributed by atoms with van der Waals surface area (Å²) < 4.78 is 0. The van der Waals surface area contributed by atoms with Crippen LogP contribution in [0.15, 0.2) is 0 Å². The average Bonchev–Trinajstić information content (AvgIpc) is 2.27. The van der Waals surface area contributed by atoms with Crippen LogP contribution in [0.4, 0.5) is 0 Å². The summed E-state index contributed by atoms with van der Waals surface area (Å²) in [5.74, 6) is -0.462. The number of carboxylic acids is 1. The minimum atomic E-state index is -0.688. The fourth-order valence-corrected chi connectivity index (χ4v) is 2.62. The number of carboxylic acid groups (broad SMARTS) is 1. The van der Waals surface area contributed by atoms with Crippen LogP contribution in [0.3, 0.4) is 0 Å². The molecule has 0 heterocycles. The fourth-order valence-electron chi connectivity index (χ4n) is 2.62. The quantitative estimate of drug-likeness (QED) is 0.733. The summed E-state index contributed by atoms with van der Waals surface area (Å²) in [5, 5.41) is 12.6. The van der Waals surface area contributed by atoms with Crippen LogP contribution in [-0.4, -0.2) is 23.2 Å². The van der Waals surface area contributed by atoms with E-state index in [2.05, 4.69) is 12.2 Å². The summed E-state index contributed by atoms with van der Waals surface area (Å²) in [6.07, 6.45) is 8.11. The van der Waals surface area contributed by atoms with Gasteiger partial charge in [0.15, 0.2) is 0 Å². The highest BCUT2D eigenvalue weighted by Gasteiger charge is 2.27. The molecule has 2 atom stereocenters. The first kappa shape index (κ1) is 13.5. The Labute approximate surface area is 98.6 Å². The summed E-state index contributed by atoms with van der Waals surface area (Å²) in [4.78, 5) is 11.2. The Kier molecular flexibility index (Phi) is 5.81. The Bertz CT molecular complexity index is 212. The molecule has 94 valence electrons. The van der Waals surface area contributed by atoms with Crippen LogP contribution in [0.5, 0.6) is 0 Å². The molecule has 1 aliphatic rings. The van der Waals surface area contributed by atoms with Gasteiger partial charge in [0, 0.05) is 6.04 Å². The van der Waals surface area contributed by atoms with Gasteiger partial charge in [-0.15, -0.1) is 0 Å². The highest BCUT2D eigenvalue weighted by atomic mass is 16.4. The predicted octanol–water partition coefficient (Wildman–Crippen LogP) is 2.80. The second kappa shape index (κ2) is 6.89. The molecule has 0 aromatic rings. The lowest BCUT2D eigenvalue weighted by atomic mass is 9.91. The van der Waals surface area contributed by atoms with Gasteiger partial charge in [-0.3, -0.25) is 4.79 Å². The third-order valence-electron chi connectivity index (χ3n) is 3.60. The van der Waals surface area contributed by atoms with Crippen molar-refractivity contribution in [2.75, 3.05) is 0 Å². The monoisotopic (exact) mass is 227 g/mol. The van der Waals surface area contributed by atoms with Gasteiger partial charge in [0.05, 0.1) is 0 Å². The number of hydrogen-bond donors (Lipinski definition) is 2. The van der Waals surface area contributed by atoms with Gasteiger partial charge in [0.25, 0.3) is 0 Å². The maximum Gasteiger partial charge on any atom is 0.320 e.